The standard InChI is InChI=1S/C19H26N2/c1-20-19(15-8-5-3-2-4-6-9-15)18-11-7-10-16-14-21-13-12-17(16)18/h7,10-15,19-20H,2-6,8-9H2,1H3. The number of aromatic nitrogens is 1. The zero-order valence-electron chi connectivity index (χ0n) is 13.0. The molecule has 1 aromatic carbocycles. The molecule has 2 heteroatoms. The van der Waals surface area contributed by atoms with E-state index in [2.05, 4.69) is 41.6 Å². The van der Waals surface area contributed by atoms with Crippen molar-refractivity contribution < 1.29 is 0 Å². The van der Waals surface area contributed by atoms with Gasteiger partial charge in [-0.2, -0.15) is 0 Å². The van der Waals surface area contributed by atoms with Gasteiger partial charge in [0.1, 0.15) is 0 Å². The Balaban J connectivity index is 1.93. The number of nitrogens with one attached hydrogen (secondary N) is 1. The largest absolute Gasteiger partial charge is 0.313 e. The van der Waals surface area contributed by atoms with Crippen LogP contribution in [0.15, 0.2) is 36.7 Å². The molecule has 1 aromatic heterocycles. The lowest BCUT2D eigenvalue weighted by Gasteiger charge is -2.29. The molecule has 21 heavy (non-hydrogen) atoms. The molecule has 1 fully saturated rings. The highest BCUT2D eigenvalue weighted by atomic mass is 14.9. The molecule has 0 aliphatic heterocycles. The van der Waals surface area contributed by atoms with Crippen molar-refractivity contribution in [3.8, 4) is 0 Å². The van der Waals surface area contributed by atoms with Gasteiger partial charge in [0.15, 0.2) is 0 Å². The second kappa shape index (κ2) is 7.04. The van der Waals surface area contributed by atoms with E-state index >= 15 is 0 Å². The number of fused-ring (bicyclic) bond motifs is 1. The van der Waals surface area contributed by atoms with E-state index in [1.807, 2.05) is 12.4 Å². The lowest BCUT2D eigenvalue weighted by molar-refractivity contribution is 0.300. The highest BCUT2D eigenvalue weighted by Crippen LogP contribution is 2.35. The predicted octanol–water partition coefficient (Wildman–Crippen LogP) is 4.86. The second-order valence-electron chi connectivity index (χ2n) is 6.32. The van der Waals surface area contributed by atoms with Crippen molar-refractivity contribution in [1.82, 2.24) is 10.3 Å². The predicted molar refractivity (Wildman–Crippen MR) is 89.4 cm³/mol. The van der Waals surface area contributed by atoms with Crippen LogP contribution in [0.25, 0.3) is 10.8 Å². The van der Waals surface area contributed by atoms with Gasteiger partial charge in [0.25, 0.3) is 0 Å². The smallest absolute Gasteiger partial charge is 0.0352 e. The Labute approximate surface area is 128 Å². The van der Waals surface area contributed by atoms with E-state index in [0.29, 0.717) is 6.04 Å². The van der Waals surface area contributed by atoms with E-state index in [1.54, 1.807) is 0 Å². The van der Waals surface area contributed by atoms with E-state index in [-0.39, 0.29) is 0 Å². The average molecular weight is 282 g/mol. The van der Waals surface area contributed by atoms with Gasteiger partial charge in [-0.1, -0.05) is 50.3 Å². The topological polar surface area (TPSA) is 24.9 Å². The number of rotatable bonds is 3. The van der Waals surface area contributed by atoms with Crippen molar-refractivity contribution in [2.45, 2.75) is 51.0 Å². The molecule has 1 atom stereocenters. The van der Waals surface area contributed by atoms with Gasteiger partial charge in [-0.15, -0.1) is 0 Å². The van der Waals surface area contributed by atoms with Gasteiger partial charge < -0.3 is 5.32 Å². The summed E-state index contributed by atoms with van der Waals surface area (Å²) in [5.41, 5.74) is 1.45. The fourth-order valence-electron chi connectivity index (χ4n) is 3.88. The van der Waals surface area contributed by atoms with E-state index in [9.17, 15) is 0 Å². The maximum atomic E-state index is 4.26. The van der Waals surface area contributed by atoms with Crippen LogP contribution in [0.3, 0.4) is 0 Å². The second-order valence-corrected chi connectivity index (χ2v) is 6.32. The summed E-state index contributed by atoms with van der Waals surface area (Å²) in [5, 5.41) is 6.21. The Morgan fingerprint density at radius 2 is 1.81 bits per heavy atom. The molecule has 0 amide bonds. The SMILES string of the molecule is CNC(c1cccc2cnccc12)C1CCCCCCC1. The molecule has 1 saturated carbocycles. The summed E-state index contributed by atoms with van der Waals surface area (Å²) in [6, 6.07) is 9.26. The molecule has 0 spiro atoms. The van der Waals surface area contributed by atoms with Crippen molar-refractivity contribution in [2.75, 3.05) is 7.05 Å². The van der Waals surface area contributed by atoms with E-state index in [4.69, 9.17) is 0 Å². The number of hydrogen-bond acceptors (Lipinski definition) is 2. The molecular formula is C19H26N2. The maximum absolute atomic E-state index is 4.26. The fraction of sp³-hybridized carbons (Fsp3) is 0.526. The molecule has 1 unspecified atom stereocenters. The summed E-state index contributed by atoms with van der Waals surface area (Å²) in [7, 11) is 2.11. The molecule has 2 aromatic rings. The zero-order chi connectivity index (χ0) is 14.5. The third kappa shape index (κ3) is 3.26. The number of pyridine rings is 1. The van der Waals surface area contributed by atoms with Crippen LogP contribution in [0.4, 0.5) is 0 Å². The lowest BCUT2D eigenvalue weighted by Crippen LogP contribution is -2.26. The van der Waals surface area contributed by atoms with Crippen LogP contribution in [0, 0.1) is 5.92 Å². The summed E-state index contributed by atoms with van der Waals surface area (Å²) >= 11 is 0. The van der Waals surface area contributed by atoms with Crippen molar-refractivity contribution >= 4 is 10.8 Å². The van der Waals surface area contributed by atoms with Crippen molar-refractivity contribution in [1.29, 1.82) is 0 Å². The van der Waals surface area contributed by atoms with E-state index < -0.39 is 0 Å². The van der Waals surface area contributed by atoms with Crippen LogP contribution in [0.2, 0.25) is 0 Å². The Bertz CT molecular complexity index is 565. The zero-order valence-corrected chi connectivity index (χ0v) is 13.0. The molecule has 0 bridgehead atoms. The summed E-state index contributed by atoms with van der Waals surface area (Å²) in [4.78, 5) is 4.26. The van der Waals surface area contributed by atoms with E-state index in [0.717, 1.165) is 5.92 Å². The van der Waals surface area contributed by atoms with E-state index in [1.165, 1.54) is 61.3 Å². The third-order valence-corrected chi connectivity index (χ3v) is 4.98. The lowest BCUT2D eigenvalue weighted by atomic mass is 9.82. The average Bonchev–Trinajstić information content (AvgIpc) is 2.50. The molecule has 1 N–H and O–H groups in total. The molecule has 0 saturated heterocycles. The molecule has 3 rings (SSSR count). The first-order valence-corrected chi connectivity index (χ1v) is 8.40. The van der Waals surface area contributed by atoms with Gasteiger partial charge in [0.2, 0.25) is 0 Å². The highest BCUT2D eigenvalue weighted by Gasteiger charge is 2.23. The van der Waals surface area contributed by atoms with Crippen molar-refractivity contribution in [3.05, 3.63) is 42.2 Å². The first-order valence-electron chi connectivity index (χ1n) is 8.40. The molecule has 0 radical (unpaired) electrons. The number of nitrogens with zero attached hydrogens (tertiary/aromatic N) is 1. The summed E-state index contributed by atoms with van der Waals surface area (Å²) < 4.78 is 0. The Kier molecular flexibility index (Phi) is 4.87. The maximum Gasteiger partial charge on any atom is 0.0352 e. The summed E-state index contributed by atoms with van der Waals surface area (Å²) in [6.07, 6.45) is 13.6. The Morgan fingerprint density at radius 3 is 2.57 bits per heavy atom. The van der Waals surface area contributed by atoms with Gasteiger partial charge in [-0.3, -0.25) is 4.98 Å². The van der Waals surface area contributed by atoms with Gasteiger partial charge in [-0.25, -0.2) is 0 Å². The van der Waals surface area contributed by atoms with Gasteiger partial charge in [0.05, 0.1) is 0 Å². The molecule has 1 aliphatic rings. The Hall–Kier alpha value is -1.41. The van der Waals surface area contributed by atoms with Gasteiger partial charge >= 0.3 is 0 Å². The number of hydrogen-bond donors (Lipinski definition) is 1. The van der Waals surface area contributed by atoms with Gasteiger partial charge in [0, 0.05) is 23.8 Å². The van der Waals surface area contributed by atoms with Crippen LogP contribution in [-0.2, 0) is 0 Å². The number of benzene rings is 1. The summed E-state index contributed by atoms with van der Waals surface area (Å²) in [5.74, 6) is 0.758. The third-order valence-electron chi connectivity index (χ3n) is 4.98. The molecule has 1 heterocycles. The van der Waals surface area contributed by atoms with Crippen LogP contribution in [0.1, 0.15) is 56.6 Å². The van der Waals surface area contributed by atoms with Crippen LogP contribution in [0.5, 0.6) is 0 Å². The molecular weight excluding hydrogens is 256 g/mol. The van der Waals surface area contributed by atoms with Crippen molar-refractivity contribution in [2.24, 2.45) is 5.92 Å². The van der Waals surface area contributed by atoms with Gasteiger partial charge in [-0.05, 0) is 42.8 Å². The Morgan fingerprint density at radius 1 is 1.05 bits per heavy atom. The molecule has 112 valence electrons. The minimum absolute atomic E-state index is 0.467. The minimum atomic E-state index is 0.467. The quantitative estimate of drug-likeness (QED) is 0.870. The fourth-order valence-corrected chi connectivity index (χ4v) is 3.88. The van der Waals surface area contributed by atoms with Crippen LogP contribution in [-0.4, -0.2) is 12.0 Å². The first-order chi connectivity index (χ1) is 10.4. The minimum Gasteiger partial charge on any atom is -0.313 e. The first kappa shape index (κ1) is 14.5. The monoisotopic (exact) mass is 282 g/mol. The molecule has 1 aliphatic carbocycles. The van der Waals surface area contributed by atoms with Crippen LogP contribution >= 0.6 is 0 Å². The van der Waals surface area contributed by atoms with Crippen LogP contribution < -0.4 is 5.32 Å². The normalized spacial score (nSPS) is 19.1. The highest BCUT2D eigenvalue weighted by molar-refractivity contribution is 5.85. The van der Waals surface area contributed by atoms with Crippen molar-refractivity contribution in [3.63, 3.8) is 0 Å². The molecule has 2 nitrogen and oxygen atoms in total. The summed E-state index contributed by atoms with van der Waals surface area (Å²) in [6.45, 7) is 0.